The van der Waals surface area contributed by atoms with Gasteiger partial charge in [-0.05, 0) is 29.3 Å². The summed E-state index contributed by atoms with van der Waals surface area (Å²) in [5, 5.41) is 3.69. The molecule has 110 valence electrons. The Hall–Kier alpha value is -2.52. The maximum atomic E-state index is 12.3. The van der Waals surface area contributed by atoms with E-state index in [0.29, 0.717) is 10.6 Å². The molecule has 1 N–H and O–H groups in total. The van der Waals surface area contributed by atoms with Crippen molar-refractivity contribution in [2.75, 3.05) is 0 Å². The highest BCUT2D eigenvalue weighted by Crippen LogP contribution is 2.24. The molecule has 1 unspecified atom stereocenters. The zero-order chi connectivity index (χ0) is 15.4. The predicted octanol–water partition coefficient (Wildman–Crippen LogP) is 4.45. The van der Waals surface area contributed by atoms with E-state index in [1.165, 1.54) is 12.5 Å². The van der Waals surface area contributed by atoms with E-state index >= 15 is 0 Å². The summed E-state index contributed by atoms with van der Waals surface area (Å²) in [6.07, 6.45) is 2.91. The molecule has 0 aliphatic carbocycles. The minimum Gasteiger partial charge on any atom is -0.472 e. The third-order valence-electron chi connectivity index (χ3n) is 3.40. The molecule has 0 saturated heterocycles. The van der Waals surface area contributed by atoms with E-state index in [-0.39, 0.29) is 11.9 Å². The molecule has 0 aliphatic heterocycles. The Morgan fingerprint density at radius 1 is 0.955 bits per heavy atom. The van der Waals surface area contributed by atoms with Crippen LogP contribution in [0.5, 0.6) is 0 Å². The number of benzene rings is 2. The summed E-state index contributed by atoms with van der Waals surface area (Å²) < 4.78 is 4.97. The van der Waals surface area contributed by atoms with Crippen molar-refractivity contribution >= 4 is 17.5 Å². The average Bonchev–Trinajstić information content (AvgIpc) is 3.09. The second kappa shape index (κ2) is 6.50. The number of halogens is 1. The van der Waals surface area contributed by atoms with Gasteiger partial charge in [0.15, 0.2) is 0 Å². The van der Waals surface area contributed by atoms with Crippen LogP contribution in [0.4, 0.5) is 0 Å². The van der Waals surface area contributed by atoms with E-state index in [2.05, 4.69) is 5.32 Å². The van der Waals surface area contributed by atoms with Gasteiger partial charge in [0, 0.05) is 5.02 Å². The van der Waals surface area contributed by atoms with Gasteiger partial charge in [-0.3, -0.25) is 4.79 Å². The van der Waals surface area contributed by atoms with Crippen LogP contribution in [0, 0.1) is 0 Å². The molecule has 3 nitrogen and oxygen atoms in total. The van der Waals surface area contributed by atoms with Crippen molar-refractivity contribution in [2.45, 2.75) is 6.04 Å². The van der Waals surface area contributed by atoms with Gasteiger partial charge in [-0.15, -0.1) is 0 Å². The SMILES string of the molecule is O=C(NC(c1ccccc1)c1ccc(Cl)cc1)c1ccoc1. The van der Waals surface area contributed by atoms with Crippen molar-refractivity contribution in [1.29, 1.82) is 0 Å². The maximum Gasteiger partial charge on any atom is 0.255 e. The lowest BCUT2D eigenvalue weighted by molar-refractivity contribution is 0.0942. The summed E-state index contributed by atoms with van der Waals surface area (Å²) in [6, 6.07) is 18.6. The van der Waals surface area contributed by atoms with E-state index in [1.807, 2.05) is 54.6 Å². The molecule has 3 aromatic rings. The Balaban J connectivity index is 1.93. The quantitative estimate of drug-likeness (QED) is 0.773. The number of amides is 1. The number of hydrogen-bond acceptors (Lipinski definition) is 2. The zero-order valence-electron chi connectivity index (χ0n) is 11.7. The Bertz CT molecular complexity index is 737. The number of hydrogen-bond donors (Lipinski definition) is 1. The average molecular weight is 312 g/mol. The van der Waals surface area contributed by atoms with E-state index in [4.69, 9.17) is 16.0 Å². The van der Waals surface area contributed by atoms with Gasteiger partial charge in [0.2, 0.25) is 0 Å². The molecule has 1 aromatic heterocycles. The standard InChI is InChI=1S/C18H14ClNO2/c19-16-8-6-14(7-9-16)17(13-4-2-1-3-5-13)20-18(21)15-10-11-22-12-15/h1-12,17H,(H,20,21). The van der Waals surface area contributed by atoms with Gasteiger partial charge in [-0.1, -0.05) is 54.1 Å². The van der Waals surface area contributed by atoms with Gasteiger partial charge in [-0.2, -0.15) is 0 Å². The molecule has 2 aromatic carbocycles. The smallest absolute Gasteiger partial charge is 0.255 e. The Morgan fingerprint density at radius 3 is 2.27 bits per heavy atom. The van der Waals surface area contributed by atoms with Gasteiger partial charge in [-0.25, -0.2) is 0 Å². The first kappa shape index (κ1) is 14.4. The van der Waals surface area contributed by atoms with Gasteiger partial charge in [0.25, 0.3) is 5.91 Å². The molecule has 22 heavy (non-hydrogen) atoms. The molecule has 0 saturated carbocycles. The van der Waals surface area contributed by atoms with Crippen molar-refractivity contribution in [3.8, 4) is 0 Å². The predicted molar refractivity (Wildman–Crippen MR) is 85.9 cm³/mol. The number of carbonyl (C=O) groups excluding carboxylic acids is 1. The minimum absolute atomic E-state index is 0.183. The minimum atomic E-state index is -0.249. The van der Waals surface area contributed by atoms with Gasteiger partial charge >= 0.3 is 0 Å². The third kappa shape index (κ3) is 3.21. The highest BCUT2D eigenvalue weighted by Gasteiger charge is 2.18. The molecule has 0 aliphatic rings. The summed E-state index contributed by atoms with van der Waals surface area (Å²) in [4.78, 5) is 12.3. The highest BCUT2D eigenvalue weighted by atomic mass is 35.5. The monoisotopic (exact) mass is 311 g/mol. The summed E-state index contributed by atoms with van der Waals surface area (Å²) in [6.45, 7) is 0. The van der Waals surface area contributed by atoms with Crippen molar-refractivity contribution in [1.82, 2.24) is 5.32 Å². The summed E-state index contributed by atoms with van der Waals surface area (Å²) in [5.74, 6) is -0.183. The Labute approximate surface area is 133 Å². The van der Waals surface area contributed by atoms with Crippen LogP contribution in [-0.2, 0) is 0 Å². The van der Waals surface area contributed by atoms with Crippen molar-refractivity contribution in [3.05, 3.63) is 94.9 Å². The van der Waals surface area contributed by atoms with Crippen molar-refractivity contribution < 1.29 is 9.21 Å². The first-order valence-corrected chi connectivity index (χ1v) is 7.25. The maximum absolute atomic E-state index is 12.3. The molecule has 0 fully saturated rings. The van der Waals surface area contributed by atoms with Crippen LogP contribution in [0.25, 0.3) is 0 Å². The molecule has 1 atom stereocenters. The molecule has 0 radical (unpaired) electrons. The lowest BCUT2D eigenvalue weighted by atomic mass is 9.98. The van der Waals surface area contributed by atoms with Crippen molar-refractivity contribution in [3.63, 3.8) is 0 Å². The van der Waals surface area contributed by atoms with Gasteiger partial charge in [0.1, 0.15) is 6.26 Å². The van der Waals surface area contributed by atoms with Crippen LogP contribution < -0.4 is 5.32 Å². The van der Waals surface area contributed by atoms with Crippen LogP contribution in [-0.4, -0.2) is 5.91 Å². The van der Waals surface area contributed by atoms with Crippen LogP contribution in [0.2, 0.25) is 5.02 Å². The molecular formula is C18H14ClNO2. The van der Waals surface area contributed by atoms with Crippen LogP contribution >= 0.6 is 11.6 Å². The first-order chi connectivity index (χ1) is 10.7. The topological polar surface area (TPSA) is 42.2 Å². The highest BCUT2D eigenvalue weighted by molar-refractivity contribution is 6.30. The zero-order valence-corrected chi connectivity index (χ0v) is 12.5. The van der Waals surface area contributed by atoms with Crippen LogP contribution in [0.15, 0.2) is 77.6 Å². The third-order valence-corrected chi connectivity index (χ3v) is 3.65. The fraction of sp³-hybridized carbons (Fsp3) is 0.0556. The van der Waals surface area contributed by atoms with E-state index < -0.39 is 0 Å². The fourth-order valence-electron chi connectivity index (χ4n) is 2.27. The lowest BCUT2D eigenvalue weighted by Crippen LogP contribution is -2.29. The summed E-state index contributed by atoms with van der Waals surface area (Å²) >= 11 is 5.95. The Kier molecular flexibility index (Phi) is 4.26. The summed E-state index contributed by atoms with van der Waals surface area (Å²) in [7, 11) is 0. The molecule has 1 amide bonds. The van der Waals surface area contributed by atoms with E-state index in [0.717, 1.165) is 11.1 Å². The van der Waals surface area contributed by atoms with E-state index in [9.17, 15) is 4.79 Å². The number of nitrogens with one attached hydrogen (secondary N) is 1. The second-order valence-corrected chi connectivity index (χ2v) is 5.32. The number of rotatable bonds is 4. The number of furan rings is 1. The van der Waals surface area contributed by atoms with Gasteiger partial charge in [0.05, 0.1) is 17.9 Å². The second-order valence-electron chi connectivity index (χ2n) is 4.88. The normalized spacial score (nSPS) is 11.9. The summed E-state index contributed by atoms with van der Waals surface area (Å²) in [5.41, 5.74) is 2.46. The van der Waals surface area contributed by atoms with Crippen LogP contribution in [0.3, 0.4) is 0 Å². The molecule has 1 heterocycles. The lowest BCUT2D eigenvalue weighted by Gasteiger charge is -2.19. The molecule has 0 bridgehead atoms. The fourth-order valence-corrected chi connectivity index (χ4v) is 2.39. The first-order valence-electron chi connectivity index (χ1n) is 6.87. The van der Waals surface area contributed by atoms with Crippen LogP contribution in [0.1, 0.15) is 27.5 Å². The molecule has 4 heteroatoms. The molecule has 3 rings (SSSR count). The Morgan fingerprint density at radius 2 is 1.64 bits per heavy atom. The molecule has 0 spiro atoms. The number of carbonyl (C=O) groups is 1. The van der Waals surface area contributed by atoms with Gasteiger partial charge < -0.3 is 9.73 Å². The van der Waals surface area contributed by atoms with E-state index in [1.54, 1.807) is 6.07 Å². The molecular weight excluding hydrogens is 298 g/mol. The van der Waals surface area contributed by atoms with Crippen molar-refractivity contribution in [2.24, 2.45) is 0 Å². The largest absolute Gasteiger partial charge is 0.472 e.